The average molecular weight is 457 g/mol. The van der Waals surface area contributed by atoms with Crippen LogP contribution >= 0.6 is 0 Å². The molecule has 4 heteroatoms. The first-order valence-electron chi connectivity index (χ1n) is 11.7. The van der Waals surface area contributed by atoms with Crippen molar-refractivity contribution in [2.45, 2.75) is 12.6 Å². The predicted octanol–water partition coefficient (Wildman–Crippen LogP) is 7.27. The summed E-state index contributed by atoms with van der Waals surface area (Å²) in [5, 5.41) is 0. The molecule has 4 nitrogen and oxygen atoms in total. The van der Waals surface area contributed by atoms with Gasteiger partial charge in [0.25, 0.3) is 5.91 Å². The van der Waals surface area contributed by atoms with Gasteiger partial charge in [0.1, 0.15) is 5.75 Å². The van der Waals surface area contributed by atoms with Crippen molar-refractivity contribution in [3.63, 3.8) is 0 Å². The van der Waals surface area contributed by atoms with E-state index in [9.17, 15) is 4.79 Å². The summed E-state index contributed by atoms with van der Waals surface area (Å²) in [7, 11) is 0. The van der Waals surface area contributed by atoms with Crippen molar-refractivity contribution in [1.29, 1.82) is 0 Å². The minimum Gasteiger partial charge on any atom is -0.455 e. The van der Waals surface area contributed by atoms with Crippen LogP contribution in [0.1, 0.15) is 27.5 Å². The Kier molecular flexibility index (Phi) is 5.39. The Hall–Kier alpha value is -4.57. The first kappa shape index (κ1) is 21.0. The standard InChI is InChI=1S/C31H24N2O2/c34-31(33-22-25-12-4-6-15-29(25)35-30-16-7-5-14-28(30)33)24-17-19-26(20-18-24)32-21-9-8-13-27(32)23-10-2-1-3-11-23/h1-21,27H,22H2. The molecule has 2 heterocycles. The summed E-state index contributed by atoms with van der Waals surface area (Å²) in [5.74, 6) is 1.40. The lowest BCUT2D eigenvalue weighted by atomic mass is 10.0. The highest BCUT2D eigenvalue weighted by Gasteiger charge is 2.26. The molecule has 4 aromatic rings. The van der Waals surface area contributed by atoms with Gasteiger partial charge in [0.05, 0.1) is 18.3 Å². The fourth-order valence-corrected chi connectivity index (χ4v) is 4.65. The monoisotopic (exact) mass is 456 g/mol. The molecule has 170 valence electrons. The molecular formula is C31H24N2O2. The molecule has 4 aromatic carbocycles. The number of allylic oxidation sites excluding steroid dienone is 2. The van der Waals surface area contributed by atoms with Gasteiger partial charge in [0.15, 0.2) is 5.75 Å². The number of rotatable bonds is 3. The number of para-hydroxylation sites is 3. The van der Waals surface area contributed by atoms with Crippen molar-refractivity contribution in [1.82, 2.24) is 0 Å². The Morgan fingerprint density at radius 1 is 0.743 bits per heavy atom. The van der Waals surface area contributed by atoms with Crippen LogP contribution in [0.2, 0.25) is 0 Å². The van der Waals surface area contributed by atoms with Gasteiger partial charge in [0.2, 0.25) is 0 Å². The summed E-state index contributed by atoms with van der Waals surface area (Å²) < 4.78 is 6.16. The molecule has 1 amide bonds. The highest BCUT2D eigenvalue weighted by molar-refractivity contribution is 6.07. The molecule has 0 saturated carbocycles. The Morgan fingerprint density at radius 3 is 2.29 bits per heavy atom. The second-order valence-electron chi connectivity index (χ2n) is 8.60. The number of benzene rings is 4. The van der Waals surface area contributed by atoms with E-state index >= 15 is 0 Å². The van der Waals surface area contributed by atoms with Crippen LogP contribution in [0.4, 0.5) is 11.4 Å². The van der Waals surface area contributed by atoms with E-state index in [1.165, 1.54) is 5.56 Å². The van der Waals surface area contributed by atoms with Crippen LogP contribution in [0.25, 0.3) is 0 Å². The molecule has 2 aliphatic rings. The molecule has 6 rings (SSSR count). The van der Waals surface area contributed by atoms with Crippen molar-refractivity contribution < 1.29 is 9.53 Å². The second-order valence-corrected chi connectivity index (χ2v) is 8.60. The van der Waals surface area contributed by atoms with Crippen LogP contribution in [-0.4, -0.2) is 5.91 Å². The predicted molar refractivity (Wildman–Crippen MR) is 140 cm³/mol. The molecule has 0 saturated heterocycles. The van der Waals surface area contributed by atoms with Crippen LogP contribution in [0.3, 0.4) is 0 Å². The summed E-state index contributed by atoms with van der Waals surface area (Å²) in [6.07, 6.45) is 8.36. The zero-order valence-electron chi connectivity index (χ0n) is 19.1. The fraction of sp³-hybridized carbons (Fsp3) is 0.0645. The topological polar surface area (TPSA) is 32.8 Å². The van der Waals surface area contributed by atoms with Crippen LogP contribution in [0.15, 0.2) is 128 Å². The third kappa shape index (κ3) is 4.00. The molecule has 1 unspecified atom stereocenters. The Morgan fingerprint density at radius 2 is 1.46 bits per heavy atom. The lowest BCUT2D eigenvalue weighted by molar-refractivity contribution is 0.0985. The van der Waals surface area contributed by atoms with Gasteiger partial charge in [-0.1, -0.05) is 72.8 Å². The van der Waals surface area contributed by atoms with Gasteiger partial charge in [-0.3, -0.25) is 4.79 Å². The SMILES string of the molecule is O=C(c1ccc(N2C=CC=CC2c2ccccc2)cc1)N1Cc2ccccc2Oc2ccccc21. The van der Waals surface area contributed by atoms with Gasteiger partial charge in [-0.25, -0.2) is 0 Å². The van der Waals surface area contributed by atoms with E-state index in [-0.39, 0.29) is 11.9 Å². The number of nitrogens with zero attached hydrogens (tertiary/aromatic N) is 2. The summed E-state index contributed by atoms with van der Waals surface area (Å²) in [4.78, 5) is 17.7. The van der Waals surface area contributed by atoms with Crippen molar-refractivity contribution >= 4 is 17.3 Å². The summed E-state index contributed by atoms with van der Waals surface area (Å²) in [6.45, 7) is 0.448. The van der Waals surface area contributed by atoms with Crippen LogP contribution < -0.4 is 14.5 Å². The van der Waals surface area contributed by atoms with Crippen LogP contribution in [0, 0.1) is 0 Å². The second kappa shape index (κ2) is 8.99. The van der Waals surface area contributed by atoms with Crippen LogP contribution in [0.5, 0.6) is 11.5 Å². The van der Waals surface area contributed by atoms with Crippen molar-refractivity contribution in [2.75, 3.05) is 9.80 Å². The minimum absolute atomic E-state index is 0.0574. The highest BCUT2D eigenvalue weighted by Crippen LogP contribution is 2.39. The Labute approximate surface area is 205 Å². The van der Waals surface area contributed by atoms with E-state index in [0.717, 1.165) is 22.7 Å². The lowest BCUT2D eigenvalue weighted by Crippen LogP contribution is -2.30. The normalized spacial score (nSPS) is 16.2. The number of fused-ring (bicyclic) bond motifs is 2. The van der Waals surface area contributed by atoms with Gasteiger partial charge in [-0.05, 0) is 54.1 Å². The molecule has 0 N–H and O–H groups in total. The maximum absolute atomic E-state index is 13.7. The van der Waals surface area contributed by atoms with E-state index in [1.54, 1.807) is 4.90 Å². The first-order valence-corrected chi connectivity index (χ1v) is 11.7. The maximum atomic E-state index is 13.7. The average Bonchev–Trinajstić information content (AvgIpc) is 3.10. The lowest BCUT2D eigenvalue weighted by Gasteiger charge is -2.31. The van der Waals surface area contributed by atoms with Gasteiger partial charge in [0, 0.05) is 23.0 Å². The smallest absolute Gasteiger partial charge is 0.258 e. The quantitative estimate of drug-likeness (QED) is 0.325. The van der Waals surface area contributed by atoms with Gasteiger partial charge >= 0.3 is 0 Å². The molecule has 2 aliphatic heterocycles. The van der Waals surface area contributed by atoms with E-state index in [2.05, 4.69) is 47.5 Å². The van der Waals surface area contributed by atoms with E-state index in [0.29, 0.717) is 17.9 Å². The van der Waals surface area contributed by atoms with Gasteiger partial charge in [-0.2, -0.15) is 0 Å². The third-order valence-electron chi connectivity index (χ3n) is 6.43. The summed E-state index contributed by atoms with van der Waals surface area (Å²) in [5.41, 5.74) is 4.63. The molecule has 0 aromatic heterocycles. The first-order chi connectivity index (χ1) is 17.3. The Balaban J connectivity index is 1.31. The Bertz CT molecular complexity index is 1420. The summed E-state index contributed by atoms with van der Waals surface area (Å²) in [6, 6.07) is 33.9. The highest BCUT2D eigenvalue weighted by atomic mass is 16.5. The number of hydrogen-bond donors (Lipinski definition) is 0. The van der Waals surface area contributed by atoms with E-state index < -0.39 is 0 Å². The number of anilines is 2. The molecular weight excluding hydrogens is 432 g/mol. The minimum atomic E-state index is -0.0574. The largest absolute Gasteiger partial charge is 0.455 e. The number of carbonyl (C=O) groups is 1. The number of carbonyl (C=O) groups excluding carboxylic acids is 1. The molecule has 35 heavy (non-hydrogen) atoms. The van der Waals surface area contributed by atoms with Gasteiger partial charge < -0.3 is 14.5 Å². The van der Waals surface area contributed by atoms with Gasteiger partial charge in [-0.15, -0.1) is 0 Å². The summed E-state index contributed by atoms with van der Waals surface area (Å²) >= 11 is 0. The molecule has 0 aliphatic carbocycles. The van der Waals surface area contributed by atoms with Crippen molar-refractivity contribution in [2.24, 2.45) is 0 Å². The molecule has 0 fully saturated rings. The van der Waals surface area contributed by atoms with Crippen molar-refractivity contribution in [3.8, 4) is 11.5 Å². The maximum Gasteiger partial charge on any atom is 0.258 e. The molecule has 0 bridgehead atoms. The third-order valence-corrected chi connectivity index (χ3v) is 6.43. The fourth-order valence-electron chi connectivity index (χ4n) is 4.65. The van der Waals surface area contributed by atoms with E-state index in [1.807, 2.05) is 84.9 Å². The molecule has 0 radical (unpaired) electrons. The zero-order valence-corrected chi connectivity index (χ0v) is 19.1. The van der Waals surface area contributed by atoms with Crippen molar-refractivity contribution in [3.05, 3.63) is 144 Å². The van der Waals surface area contributed by atoms with Crippen LogP contribution in [-0.2, 0) is 6.54 Å². The molecule has 0 spiro atoms. The molecule has 1 atom stereocenters. The zero-order chi connectivity index (χ0) is 23.6. The number of ether oxygens (including phenoxy) is 1. The van der Waals surface area contributed by atoms with E-state index in [4.69, 9.17) is 4.74 Å². The number of amides is 1. The number of hydrogen-bond acceptors (Lipinski definition) is 3.